The number of halogens is 3. The van der Waals surface area contributed by atoms with E-state index in [0.717, 1.165) is 18.2 Å². The second-order valence-corrected chi connectivity index (χ2v) is 7.56. The Morgan fingerprint density at radius 1 is 1.09 bits per heavy atom. The van der Waals surface area contributed by atoms with Gasteiger partial charge in [-0.05, 0) is 30.7 Å². The van der Waals surface area contributed by atoms with Crippen molar-refractivity contribution in [1.29, 1.82) is 0 Å². The van der Waals surface area contributed by atoms with E-state index in [1.165, 1.54) is 10.6 Å². The Morgan fingerprint density at radius 2 is 1.81 bits per heavy atom. The molecule has 1 N–H and O–H groups in total. The smallest absolute Gasteiger partial charge is 0.454 e. The molecule has 0 aliphatic carbocycles. The Morgan fingerprint density at radius 3 is 2.56 bits per heavy atom. The number of hydrogen-bond acceptors (Lipinski definition) is 4. The van der Waals surface area contributed by atoms with Crippen molar-refractivity contribution >= 4 is 22.6 Å². The Hall–Kier alpha value is -3.49. The molecule has 1 aliphatic heterocycles. The molecule has 1 amide bonds. The standard InChI is InChI=1S/C23H21F3N2O4/c1-14(15-7-8-19-20(11-15)32-10-4-9-31-19)27-21(29)13-28-12-17(22(30)23(24,25)26)16-5-2-3-6-18(16)28/h2-3,5-8,11-12,14H,4,9-10,13H2,1H3,(H,27,29)/t14-/m0/s1. The van der Waals surface area contributed by atoms with Gasteiger partial charge in [-0.1, -0.05) is 24.3 Å². The average molecular weight is 446 g/mol. The van der Waals surface area contributed by atoms with Gasteiger partial charge in [0.25, 0.3) is 5.78 Å². The van der Waals surface area contributed by atoms with E-state index in [2.05, 4.69) is 5.32 Å². The van der Waals surface area contributed by atoms with Crippen LogP contribution in [0.25, 0.3) is 10.9 Å². The van der Waals surface area contributed by atoms with Crippen molar-refractivity contribution in [2.24, 2.45) is 0 Å². The van der Waals surface area contributed by atoms with Crippen LogP contribution in [0, 0.1) is 0 Å². The predicted molar refractivity (Wildman–Crippen MR) is 111 cm³/mol. The third kappa shape index (κ3) is 4.42. The largest absolute Gasteiger partial charge is 0.490 e. The van der Waals surface area contributed by atoms with E-state index in [0.29, 0.717) is 30.2 Å². The fourth-order valence-corrected chi connectivity index (χ4v) is 3.69. The molecular weight excluding hydrogens is 425 g/mol. The number of aromatic nitrogens is 1. The molecule has 1 aromatic heterocycles. The average Bonchev–Trinajstić information content (AvgIpc) is 2.94. The van der Waals surface area contributed by atoms with E-state index in [4.69, 9.17) is 9.47 Å². The number of rotatable bonds is 5. The highest BCUT2D eigenvalue weighted by atomic mass is 19.4. The lowest BCUT2D eigenvalue weighted by Crippen LogP contribution is -2.30. The van der Waals surface area contributed by atoms with Gasteiger partial charge in [0.2, 0.25) is 5.91 Å². The van der Waals surface area contributed by atoms with Gasteiger partial charge in [0.1, 0.15) is 6.54 Å². The molecule has 0 bridgehead atoms. The molecule has 9 heteroatoms. The number of carbonyl (C=O) groups excluding carboxylic acids is 2. The monoisotopic (exact) mass is 446 g/mol. The van der Waals surface area contributed by atoms with Gasteiger partial charge in [-0.2, -0.15) is 13.2 Å². The number of para-hydroxylation sites is 1. The summed E-state index contributed by atoms with van der Waals surface area (Å²) in [5.74, 6) is -1.09. The van der Waals surface area contributed by atoms with Crippen LogP contribution in [-0.4, -0.2) is 35.6 Å². The van der Waals surface area contributed by atoms with E-state index in [9.17, 15) is 22.8 Å². The number of ether oxygens (including phenoxy) is 2. The Bertz CT molecular complexity index is 1170. The number of carbonyl (C=O) groups is 2. The summed E-state index contributed by atoms with van der Waals surface area (Å²) in [6.07, 6.45) is -3.14. The van der Waals surface area contributed by atoms with Crippen LogP contribution in [0.5, 0.6) is 11.5 Å². The first-order valence-corrected chi connectivity index (χ1v) is 10.1. The van der Waals surface area contributed by atoms with Gasteiger partial charge >= 0.3 is 6.18 Å². The fraction of sp³-hybridized carbons (Fsp3) is 0.304. The minimum absolute atomic E-state index is 0.151. The number of benzene rings is 2. The molecule has 0 radical (unpaired) electrons. The van der Waals surface area contributed by atoms with E-state index >= 15 is 0 Å². The van der Waals surface area contributed by atoms with Crippen molar-refractivity contribution in [2.75, 3.05) is 13.2 Å². The molecule has 0 unspecified atom stereocenters. The van der Waals surface area contributed by atoms with E-state index in [1.807, 2.05) is 6.07 Å². The summed E-state index contributed by atoms with van der Waals surface area (Å²) in [5.41, 5.74) is 0.697. The maximum Gasteiger partial charge on any atom is 0.454 e. The van der Waals surface area contributed by atoms with Crippen molar-refractivity contribution in [2.45, 2.75) is 32.1 Å². The normalized spacial score (nSPS) is 14.6. The lowest BCUT2D eigenvalue weighted by molar-refractivity contribution is -0.122. The number of ketones is 1. The minimum Gasteiger partial charge on any atom is -0.490 e. The van der Waals surface area contributed by atoms with E-state index in [-0.39, 0.29) is 18.0 Å². The Balaban J connectivity index is 1.52. The van der Waals surface area contributed by atoms with Gasteiger partial charge in [-0.15, -0.1) is 0 Å². The van der Waals surface area contributed by atoms with E-state index in [1.54, 1.807) is 37.3 Å². The summed E-state index contributed by atoms with van der Waals surface area (Å²) in [5, 5.41) is 2.99. The van der Waals surface area contributed by atoms with Crippen LogP contribution in [0.2, 0.25) is 0 Å². The van der Waals surface area contributed by atoms with Crippen LogP contribution in [0.1, 0.15) is 35.3 Å². The quantitative estimate of drug-likeness (QED) is 0.589. The molecule has 0 saturated heterocycles. The maximum atomic E-state index is 13.0. The number of amides is 1. The second-order valence-electron chi connectivity index (χ2n) is 7.56. The van der Waals surface area contributed by atoms with Crippen molar-refractivity contribution < 1.29 is 32.2 Å². The van der Waals surface area contributed by atoms with Crippen LogP contribution < -0.4 is 14.8 Å². The summed E-state index contributed by atoms with van der Waals surface area (Å²) in [6.45, 7) is 2.67. The molecule has 0 spiro atoms. The lowest BCUT2D eigenvalue weighted by Gasteiger charge is -2.17. The van der Waals surface area contributed by atoms with Gasteiger partial charge < -0.3 is 19.4 Å². The zero-order valence-corrected chi connectivity index (χ0v) is 17.2. The van der Waals surface area contributed by atoms with Crippen LogP contribution in [0.4, 0.5) is 13.2 Å². The Kier molecular flexibility index (Phi) is 5.82. The van der Waals surface area contributed by atoms with Gasteiger partial charge in [-0.25, -0.2) is 0 Å². The third-order valence-corrected chi connectivity index (χ3v) is 5.25. The van der Waals surface area contributed by atoms with Crippen LogP contribution in [0.15, 0.2) is 48.7 Å². The summed E-state index contributed by atoms with van der Waals surface area (Å²) in [7, 11) is 0. The summed E-state index contributed by atoms with van der Waals surface area (Å²) in [6, 6.07) is 11.2. The lowest BCUT2D eigenvalue weighted by atomic mass is 10.1. The van der Waals surface area contributed by atoms with Crippen LogP contribution in [0.3, 0.4) is 0 Å². The molecule has 3 aromatic rings. The zero-order chi connectivity index (χ0) is 22.9. The molecule has 6 nitrogen and oxygen atoms in total. The second kappa shape index (κ2) is 8.57. The number of Topliss-reactive ketones (excluding diaryl/α,β-unsaturated/α-hetero) is 1. The zero-order valence-electron chi connectivity index (χ0n) is 17.2. The molecule has 2 aromatic carbocycles. The third-order valence-electron chi connectivity index (χ3n) is 5.25. The van der Waals surface area contributed by atoms with Crippen molar-refractivity contribution in [3.05, 3.63) is 59.8 Å². The predicted octanol–water partition coefficient (Wildman–Crippen LogP) is 4.43. The number of alkyl halides is 3. The first kappa shape index (κ1) is 21.7. The van der Waals surface area contributed by atoms with E-state index < -0.39 is 23.4 Å². The Labute approximate surface area is 181 Å². The highest BCUT2D eigenvalue weighted by Crippen LogP contribution is 2.32. The van der Waals surface area contributed by atoms with Gasteiger partial charge in [-0.3, -0.25) is 9.59 Å². The first-order chi connectivity index (χ1) is 15.2. The van der Waals surface area contributed by atoms with Crippen molar-refractivity contribution in [3.63, 3.8) is 0 Å². The van der Waals surface area contributed by atoms with Crippen molar-refractivity contribution in [3.8, 4) is 11.5 Å². The molecule has 1 atom stereocenters. The molecule has 1 aliphatic rings. The molecule has 168 valence electrons. The van der Waals surface area contributed by atoms with Crippen LogP contribution >= 0.6 is 0 Å². The van der Waals surface area contributed by atoms with Gasteiger partial charge in [0, 0.05) is 23.5 Å². The molecule has 4 rings (SSSR count). The van der Waals surface area contributed by atoms with Gasteiger partial charge in [0.05, 0.1) is 24.8 Å². The number of nitrogens with zero attached hydrogens (tertiary/aromatic N) is 1. The highest BCUT2D eigenvalue weighted by molar-refractivity contribution is 6.10. The molecule has 0 fully saturated rings. The summed E-state index contributed by atoms with van der Waals surface area (Å²) in [4.78, 5) is 24.5. The molecular formula is C23H21F3N2O4. The first-order valence-electron chi connectivity index (χ1n) is 10.1. The topological polar surface area (TPSA) is 69.6 Å². The van der Waals surface area contributed by atoms with Crippen LogP contribution in [-0.2, 0) is 11.3 Å². The number of fused-ring (bicyclic) bond motifs is 2. The maximum absolute atomic E-state index is 13.0. The number of hydrogen-bond donors (Lipinski definition) is 1. The summed E-state index contributed by atoms with van der Waals surface area (Å²) < 4.78 is 51.6. The molecule has 2 heterocycles. The summed E-state index contributed by atoms with van der Waals surface area (Å²) >= 11 is 0. The number of nitrogens with one attached hydrogen (secondary N) is 1. The molecule has 32 heavy (non-hydrogen) atoms. The van der Waals surface area contributed by atoms with Gasteiger partial charge in [0.15, 0.2) is 11.5 Å². The highest BCUT2D eigenvalue weighted by Gasteiger charge is 2.40. The molecule has 0 saturated carbocycles. The SMILES string of the molecule is C[C@H](NC(=O)Cn1cc(C(=O)C(F)(F)F)c2ccccc21)c1ccc2c(c1)OCCCO2. The van der Waals surface area contributed by atoms with Crippen molar-refractivity contribution in [1.82, 2.24) is 9.88 Å². The minimum atomic E-state index is -5.00. The fourth-order valence-electron chi connectivity index (χ4n) is 3.69.